The molecule has 1 fully saturated rings. The van der Waals surface area contributed by atoms with Gasteiger partial charge >= 0.3 is 0 Å². The second-order valence-electron chi connectivity index (χ2n) is 10.1. The average molecular weight is 513 g/mol. The molecule has 10 heteroatoms. The lowest BCUT2D eigenvalue weighted by Gasteiger charge is -2.22. The highest BCUT2D eigenvalue weighted by molar-refractivity contribution is 5.69. The quantitative estimate of drug-likeness (QED) is 0.342. The van der Waals surface area contributed by atoms with E-state index in [9.17, 15) is 5.26 Å². The molecule has 0 amide bonds. The van der Waals surface area contributed by atoms with Crippen molar-refractivity contribution >= 4 is 5.82 Å². The normalized spacial score (nSPS) is 14.4. The number of pyridine rings is 1. The van der Waals surface area contributed by atoms with E-state index in [1.54, 1.807) is 38.2 Å². The summed E-state index contributed by atoms with van der Waals surface area (Å²) in [4.78, 5) is 13.1. The van der Waals surface area contributed by atoms with Crippen molar-refractivity contribution in [2.75, 3.05) is 5.73 Å². The smallest absolute Gasteiger partial charge is 0.270 e. The van der Waals surface area contributed by atoms with Crippen molar-refractivity contribution in [3.63, 3.8) is 0 Å². The van der Waals surface area contributed by atoms with E-state index in [0.29, 0.717) is 29.5 Å². The average Bonchev–Trinajstić information content (AvgIpc) is 3.42. The minimum atomic E-state index is -0.771. The molecule has 1 aliphatic rings. The lowest BCUT2D eigenvalue weighted by atomic mass is 9.90. The van der Waals surface area contributed by atoms with Crippen LogP contribution in [-0.4, -0.2) is 31.2 Å². The van der Waals surface area contributed by atoms with Crippen molar-refractivity contribution in [3.8, 4) is 40.4 Å². The molecule has 194 valence electrons. The number of nitrogens with zero attached hydrogens (tertiary/aromatic N) is 6. The Morgan fingerprint density at radius 2 is 1.89 bits per heavy atom. The molecule has 0 saturated heterocycles. The molecule has 1 aliphatic carbocycles. The van der Waals surface area contributed by atoms with E-state index in [4.69, 9.17) is 10.2 Å². The molecule has 0 bridgehead atoms. The van der Waals surface area contributed by atoms with Gasteiger partial charge in [0.15, 0.2) is 11.5 Å². The highest BCUT2D eigenvalue weighted by atomic mass is 19.1. The zero-order valence-electron chi connectivity index (χ0n) is 21.4. The summed E-state index contributed by atoms with van der Waals surface area (Å²) in [6.45, 7) is 4.19. The van der Waals surface area contributed by atoms with Gasteiger partial charge in [0.25, 0.3) is 11.8 Å². The van der Waals surface area contributed by atoms with E-state index in [1.165, 1.54) is 44.4 Å². The van der Waals surface area contributed by atoms with Crippen LogP contribution in [0.5, 0.6) is 0 Å². The van der Waals surface area contributed by atoms with Gasteiger partial charge in [-0.15, -0.1) is 10.2 Å². The molecule has 38 heavy (non-hydrogen) atoms. The first-order chi connectivity index (χ1) is 18.3. The van der Waals surface area contributed by atoms with Crippen molar-refractivity contribution < 1.29 is 8.81 Å². The lowest BCUT2D eigenvalue weighted by molar-refractivity contribution is 0.372. The van der Waals surface area contributed by atoms with Gasteiger partial charge < -0.3 is 15.5 Å². The summed E-state index contributed by atoms with van der Waals surface area (Å²) in [5.74, 6) is -0.292. The lowest BCUT2D eigenvalue weighted by Crippen LogP contribution is -2.30. The Labute approximate surface area is 220 Å². The third kappa shape index (κ3) is 5.38. The Morgan fingerprint density at radius 3 is 2.66 bits per heavy atom. The predicted octanol–water partition coefficient (Wildman–Crippen LogP) is 5.20. The highest BCUT2D eigenvalue weighted by Crippen LogP contribution is 2.30. The number of benzene rings is 1. The molecular weight excluding hydrogens is 483 g/mol. The SMILES string of the molecule is CC(C)(C#N)c1cc(-c2cnc(N)c(-c3nnc(-c4ccc(CNC5CCCCC5)cc4F)o3)n2)ccn1. The number of nitrogen functional groups attached to an aromatic ring is 1. The van der Waals surface area contributed by atoms with E-state index in [1.807, 2.05) is 6.07 Å². The fourth-order valence-electron chi connectivity index (χ4n) is 4.52. The molecule has 0 radical (unpaired) electrons. The topological polar surface area (TPSA) is 139 Å². The monoisotopic (exact) mass is 512 g/mol. The number of halogens is 1. The minimum Gasteiger partial charge on any atom is -0.414 e. The van der Waals surface area contributed by atoms with Crippen LogP contribution in [0.15, 0.2) is 47.1 Å². The van der Waals surface area contributed by atoms with Crippen LogP contribution in [-0.2, 0) is 12.0 Å². The summed E-state index contributed by atoms with van der Waals surface area (Å²) in [5.41, 5.74) is 8.35. The van der Waals surface area contributed by atoms with Crippen LogP contribution in [0.2, 0.25) is 0 Å². The van der Waals surface area contributed by atoms with Crippen molar-refractivity contribution in [2.24, 2.45) is 0 Å². The number of nitriles is 1. The minimum absolute atomic E-state index is 0.0258. The number of hydrogen-bond acceptors (Lipinski definition) is 9. The number of nitrogens with two attached hydrogens (primary N) is 1. The molecule has 0 unspecified atom stereocenters. The number of aromatic nitrogens is 5. The van der Waals surface area contributed by atoms with Crippen molar-refractivity contribution in [1.29, 1.82) is 5.26 Å². The van der Waals surface area contributed by atoms with Gasteiger partial charge in [-0.05, 0) is 56.5 Å². The van der Waals surface area contributed by atoms with Gasteiger partial charge in [-0.25, -0.2) is 14.4 Å². The molecule has 1 saturated carbocycles. The van der Waals surface area contributed by atoms with Gasteiger partial charge in [0, 0.05) is 24.3 Å². The summed E-state index contributed by atoms with van der Waals surface area (Å²) >= 11 is 0. The predicted molar refractivity (Wildman–Crippen MR) is 141 cm³/mol. The van der Waals surface area contributed by atoms with E-state index in [2.05, 4.69) is 36.5 Å². The molecule has 9 nitrogen and oxygen atoms in total. The largest absolute Gasteiger partial charge is 0.414 e. The summed E-state index contributed by atoms with van der Waals surface area (Å²) in [6.07, 6.45) is 9.24. The molecule has 0 aliphatic heterocycles. The molecule has 4 aromatic rings. The number of hydrogen-bond donors (Lipinski definition) is 2. The number of rotatable bonds is 7. The number of anilines is 1. The standard InChI is InChI=1S/C28H29FN8O/c1-28(2,16-30)23-13-18(10-11-32-23)22-15-34-25(31)24(35-22)27-37-36-26(38-27)20-9-8-17(12-21(20)29)14-33-19-6-4-3-5-7-19/h8-13,15,19,33H,3-7,14H2,1-2H3,(H2,31,34). The molecule has 5 rings (SSSR count). The maximum atomic E-state index is 15.0. The first-order valence-electron chi connectivity index (χ1n) is 12.7. The van der Waals surface area contributed by atoms with E-state index < -0.39 is 11.2 Å². The Balaban J connectivity index is 1.37. The first kappa shape index (κ1) is 25.4. The van der Waals surface area contributed by atoms with Crippen molar-refractivity contribution in [3.05, 3.63) is 59.8 Å². The Morgan fingerprint density at radius 1 is 1.11 bits per heavy atom. The van der Waals surface area contributed by atoms with Crippen LogP contribution in [0.4, 0.5) is 10.2 Å². The third-order valence-corrected chi connectivity index (χ3v) is 6.87. The number of nitrogens with one attached hydrogen (secondary N) is 1. The Bertz CT molecular complexity index is 1490. The zero-order valence-corrected chi connectivity index (χ0v) is 21.4. The van der Waals surface area contributed by atoms with Gasteiger partial charge in [-0.2, -0.15) is 5.26 Å². The van der Waals surface area contributed by atoms with Gasteiger partial charge in [-0.1, -0.05) is 25.3 Å². The van der Waals surface area contributed by atoms with Gasteiger partial charge in [0.1, 0.15) is 5.82 Å². The Hall–Kier alpha value is -4.23. The van der Waals surface area contributed by atoms with E-state index in [0.717, 1.165) is 5.56 Å². The van der Waals surface area contributed by atoms with Crippen LogP contribution in [0, 0.1) is 17.1 Å². The van der Waals surface area contributed by atoms with Crippen LogP contribution in [0.3, 0.4) is 0 Å². The van der Waals surface area contributed by atoms with Crippen LogP contribution < -0.4 is 11.1 Å². The van der Waals surface area contributed by atoms with E-state index >= 15 is 4.39 Å². The fraction of sp³-hybridized carbons (Fsp3) is 0.357. The second-order valence-corrected chi connectivity index (χ2v) is 10.1. The molecular formula is C28H29FN8O. The highest BCUT2D eigenvalue weighted by Gasteiger charge is 2.23. The van der Waals surface area contributed by atoms with Crippen LogP contribution in [0.1, 0.15) is 57.2 Å². The summed E-state index contributed by atoms with van der Waals surface area (Å²) < 4.78 is 20.8. The Kier molecular flexibility index (Phi) is 7.11. The molecule has 0 atom stereocenters. The fourth-order valence-corrected chi connectivity index (χ4v) is 4.52. The van der Waals surface area contributed by atoms with Gasteiger partial charge in [0.05, 0.1) is 34.6 Å². The molecule has 1 aromatic carbocycles. The maximum Gasteiger partial charge on any atom is 0.270 e. The third-order valence-electron chi connectivity index (χ3n) is 6.87. The second kappa shape index (κ2) is 10.6. The molecule has 0 spiro atoms. The first-order valence-corrected chi connectivity index (χ1v) is 12.7. The van der Waals surface area contributed by atoms with Crippen LogP contribution >= 0.6 is 0 Å². The van der Waals surface area contributed by atoms with E-state index in [-0.39, 0.29) is 28.9 Å². The van der Waals surface area contributed by atoms with Crippen molar-refractivity contribution in [1.82, 2.24) is 30.5 Å². The zero-order chi connectivity index (χ0) is 26.7. The summed E-state index contributed by atoms with van der Waals surface area (Å²) in [6, 6.07) is 11.3. The maximum absolute atomic E-state index is 15.0. The molecule has 3 aromatic heterocycles. The van der Waals surface area contributed by atoms with Crippen molar-refractivity contribution in [2.45, 2.75) is 64.0 Å². The summed E-state index contributed by atoms with van der Waals surface area (Å²) in [5, 5.41) is 21.1. The molecule has 3 heterocycles. The van der Waals surface area contributed by atoms with Gasteiger partial charge in [-0.3, -0.25) is 4.98 Å². The van der Waals surface area contributed by atoms with Crippen LogP contribution in [0.25, 0.3) is 34.3 Å². The molecule has 3 N–H and O–H groups in total. The summed E-state index contributed by atoms with van der Waals surface area (Å²) in [7, 11) is 0. The van der Waals surface area contributed by atoms with Gasteiger partial charge in [0.2, 0.25) is 0 Å².